The molecule has 2 aromatic carbocycles. The van der Waals surface area contributed by atoms with Crippen molar-refractivity contribution in [2.45, 2.75) is 16.9 Å². The molecule has 1 saturated carbocycles. The molecule has 0 bridgehead atoms. The summed E-state index contributed by atoms with van der Waals surface area (Å²) in [5.74, 6) is -1.77. The van der Waals surface area contributed by atoms with Crippen LogP contribution in [0.3, 0.4) is 0 Å². The molecule has 30 heavy (non-hydrogen) atoms. The number of carbonyl (C=O) groups is 1. The maximum atomic E-state index is 12.9. The van der Waals surface area contributed by atoms with Crippen LogP contribution in [0.15, 0.2) is 88.3 Å². The third-order valence-electron chi connectivity index (χ3n) is 5.18. The van der Waals surface area contributed by atoms with Gasteiger partial charge < -0.3 is 10.8 Å². The van der Waals surface area contributed by atoms with Crippen LogP contribution >= 0.6 is 11.6 Å². The average Bonchev–Trinajstić information content (AvgIpc) is 3.44. The van der Waals surface area contributed by atoms with Gasteiger partial charge in [0.1, 0.15) is 5.54 Å². The van der Waals surface area contributed by atoms with E-state index in [2.05, 4.69) is 16.2 Å². The van der Waals surface area contributed by atoms with Crippen LogP contribution in [-0.2, 0) is 14.8 Å². The van der Waals surface area contributed by atoms with Crippen molar-refractivity contribution in [3.63, 3.8) is 0 Å². The summed E-state index contributed by atoms with van der Waals surface area (Å²) in [6.07, 6.45) is 3.28. The van der Waals surface area contributed by atoms with Crippen molar-refractivity contribution in [2.75, 3.05) is 0 Å². The number of carboxylic acid groups (broad SMARTS) is 1. The van der Waals surface area contributed by atoms with Crippen molar-refractivity contribution >= 4 is 27.6 Å². The minimum atomic E-state index is -4.06. The Kier molecular flexibility index (Phi) is 4.94. The molecule has 0 radical (unpaired) electrons. The van der Waals surface area contributed by atoms with Crippen molar-refractivity contribution in [3.8, 4) is 11.1 Å². The Morgan fingerprint density at radius 2 is 1.73 bits per heavy atom. The fourth-order valence-corrected chi connectivity index (χ4v) is 5.02. The molecular weight excluding hydrogens is 424 g/mol. The van der Waals surface area contributed by atoms with Crippen LogP contribution in [0.25, 0.3) is 11.1 Å². The van der Waals surface area contributed by atoms with E-state index in [4.69, 9.17) is 17.3 Å². The first-order valence-electron chi connectivity index (χ1n) is 9.03. The number of benzene rings is 2. The van der Waals surface area contributed by atoms with Crippen molar-refractivity contribution in [3.05, 3.63) is 88.4 Å². The zero-order chi connectivity index (χ0) is 21.5. The molecule has 8 heteroatoms. The quantitative estimate of drug-likeness (QED) is 0.597. The minimum absolute atomic E-state index is 0.0149. The highest BCUT2D eigenvalue weighted by Crippen LogP contribution is 2.50. The molecule has 2 unspecified atom stereocenters. The van der Waals surface area contributed by atoms with E-state index in [1.165, 1.54) is 12.1 Å². The molecule has 4 rings (SSSR count). The summed E-state index contributed by atoms with van der Waals surface area (Å²) >= 11 is 5.90. The van der Waals surface area contributed by atoms with Crippen LogP contribution in [0, 0.1) is 5.92 Å². The van der Waals surface area contributed by atoms with Crippen molar-refractivity contribution in [1.82, 2.24) is 4.72 Å². The number of rotatable bonds is 6. The number of hydrogen-bond donors (Lipinski definition) is 3. The lowest BCUT2D eigenvalue weighted by Crippen LogP contribution is -2.45. The first-order valence-corrected chi connectivity index (χ1v) is 10.9. The number of aliphatic carboxylic acids is 1. The fourth-order valence-electron chi connectivity index (χ4n) is 3.49. The largest absolute Gasteiger partial charge is 0.480 e. The fraction of sp³-hybridized carbons (Fsp3) is 0.136. The lowest BCUT2D eigenvalue weighted by molar-refractivity contribution is -0.140. The molecule has 0 amide bonds. The van der Waals surface area contributed by atoms with Crippen LogP contribution in [0.1, 0.15) is 6.42 Å². The van der Waals surface area contributed by atoms with Gasteiger partial charge in [-0.1, -0.05) is 41.6 Å². The molecule has 0 saturated heterocycles. The molecule has 0 heterocycles. The Morgan fingerprint density at radius 3 is 2.30 bits per heavy atom. The highest BCUT2D eigenvalue weighted by molar-refractivity contribution is 7.89. The predicted molar refractivity (Wildman–Crippen MR) is 113 cm³/mol. The molecule has 2 aliphatic carbocycles. The van der Waals surface area contributed by atoms with Gasteiger partial charge in [0.2, 0.25) is 10.0 Å². The van der Waals surface area contributed by atoms with Gasteiger partial charge in [0, 0.05) is 10.9 Å². The van der Waals surface area contributed by atoms with E-state index in [9.17, 15) is 18.3 Å². The standard InChI is InChI=1S/C22H17ClN2O4S/c23-17-8-4-14(5-9-17)15-6-10-19(11-7-15)30(28,29)25-22(21(26)27)13-20(22)16-2-1-3-18(24)12-16/h2,4-12,20,25H,13,24H2,(H,26,27). The van der Waals surface area contributed by atoms with Gasteiger partial charge in [-0.15, -0.1) is 0 Å². The Balaban J connectivity index is 1.57. The lowest BCUT2D eigenvalue weighted by atomic mass is 10.0. The molecule has 0 spiro atoms. The number of hydrogen-bond acceptors (Lipinski definition) is 4. The highest BCUT2D eigenvalue weighted by atomic mass is 35.5. The van der Waals surface area contributed by atoms with Crippen molar-refractivity contribution in [1.29, 1.82) is 0 Å². The number of sulfonamides is 1. The molecule has 1 fully saturated rings. The van der Waals surface area contributed by atoms with E-state index >= 15 is 0 Å². The zero-order valence-corrected chi connectivity index (χ0v) is 17.2. The Bertz CT molecular complexity index is 1270. The molecule has 0 aliphatic heterocycles. The molecule has 2 atom stereocenters. The van der Waals surface area contributed by atoms with E-state index in [-0.39, 0.29) is 11.3 Å². The molecule has 2 aromatic rings. The van der Waals surface area contributed by atoms with Crippen LogP contribution in [0.4, 0.5) is 0 Å². The van der Waals surface area contributed by atoms with Crippen LogP contribution in [-0.4, -0.2) is 25.0 Å². The number of nitrogens with one attached hydrogen (secondary N) is 1. The van der Waals surface area contributed by atoms with E-state index in [0.29, 0.717) is 16.3 Å². The van der Waals surface area contributed by atoms with E-state index in [0.717, 1.165) is 11.1 Å². The van der Waals surface area contributed by atoms with Crippen LogP contribution in [0.2, 0.25) is 5.02 Å². The van der Waals surface area contributed by atoms with Gasteiger partial charge in [0.25, 0.3) is 0 Å². The predicted octanol–water partition coefficient (Wildman–Crippen LogP) is 3.22. The lowest BCUT2D eigenvalue weighted by Gasteiger charge is -2.16. The maximum absolute atomic E-state index is 12.9. The van der Waals surface area contributed by atoms with Crippen LogP contribution in [0.5, 0.6) is 0 Å². The van der Waals surface area contributed by atoms with E-state index < -0.39 is 27.4 Å². The molecule has 0 aromatic heterocycles. The summed E-state index contributed by atoms with van der Waals surface area (Å²) in [6, 6.07) is 13.4. The summed E-state index contributed by atoms with van der Waals surface area (Å²) < 4.78 is 28.2. The molecule has 2 aliphatic rings. The third kappa shape index (κ3) is 3.73. The third-order valence-corrected chi connectivity index (χ3v) is 6.96. The average molecular weight is 441 g/mol. The molecule has 152 valence electrons. The summed E-state index contributed by atoms with van der Waals surface area (Å²) in [5.41, 5.74) is 12.1. The van der Waals surface area contributed by atoms with E-state index in [1.807, 2.05) is 12.1 Å². The van der Waals surface area contributed by atoms with Gasteiger partial charge in [-0.05, 0) is 65.3 Å². The minimum Gasteiger partial charge on any atom is -0.480 e. The van der Waals surface area contributed by atoms with Gasteiger partial charge >= 0.3 is 5.97 Å². The number of allylic oxidation sites excluding steroid dienone is 2. The van der Waals surface area contributed by atoms with Gasteiger partial charge in [0.15, 0.2) is 0 Å². The van der Waals surface area contributed by atoms with Crippen molar-refractivity contribution < 1.29 is 18.3 Å². The van der Waals surface area contributed by atoms with Gasteiger partial charge in [-0.2, -0.15) is 4.72 Å². The maximum Gasteiger partial charge on any atom is 0.325 e. The Hall–Kier alpha value is -3.05. The Labute approximate surface area is 178 Å². The van der Waals surface area contributed by atoms with Gasteiger partial charge in [0.05, 0.1) is 10.6 Å². The number of halogens is 1. The number of carboxylic acids is 1. The first-order chi connectivity index (χ1) is 14.2. The molecule has 4 N–H and O–H groups in total. The SMILES string of the molecule is NC1=C=C=CC(C2CC2(NS(=O)(=O)c2ccc(-c3ccc(Cl)cc3)cc2)C(=O)O)=C1. The van der Waals surface area contributed by atoms with Crippen LogP contribution < -0.4 is 10.5 Å². The summed E-state index contributed by atoms with van der Waals surface area (Å²) in [6.45, 7) is 0. The number of nitrogens with two attached hydrogens (primary N) is 1. The van der Waals surface area contributed by atoms with E-state index in [1.54, 1.807) is 36.4 Å². The first kappa shape index (κ1) is 20.2. The summed E-state index contributed by atoms with van der Waals surface area (Å²) in [7, 11) is -4.06. The second-order valence-corrected chi connectivity index (χ2v) is 9.30. The monoisotopic (exact) mass is 440 g/mol. The Morgan fingerprint density at radius 1 is 1.13 bits per heavy atom. The zero-order valence-electron chi connectivity index (χ0n) is 15.6. The van der Waals surface area contributed by atoms with Gasteiger partial charge in [-0.3, -0.25) is 4.79 Å². The second-order valence-electron chi connectivity index (χ2n) is 7.18. The molecular formula is C22H17ClN2O4S. The molecule has 6 nitrogen and oxygen atoms in total. The topological polar surface area (TPSA) is 109 Å². The second kappa shape index (κ2) is 7.33. The normalized spacial score (nSPS) is 22.4. The highest BCUT2D eigenvalue weighted by Gasteiger charge is 2.63. The van der Waals surface area contributed by atoms with Gasteiger partial charge in [-0.25, -0.2) is 8.42 Å². The smallest absolute Gasteiger partial charge is 0.325 e. The summed E-state index contributed by atoms with van der Waals surface area (Å²) in [4.78, 5) is 11.9. The summed E-state index contributed by atoms with van der Waals surface area (Å²) in [5, 5.41) is 10.4. The van der Waals surface area contributed by atoms with Crippen molar-refractivity contribution in [2.24, 2.45) is 11.7 Å².